The van der Waals surface area contributed by atoms with Crippen molar-refractivity contribution >= 4 is 17.3 Å². The molecular formula is C20H21ClFN5O. The molecule has 0 unspecified atom stereocenters. The number of H-pyrrole nitrogens is 1. The number of imidazole rings is 1. The number of aryl methyl sites for hydroxylation is 1. The molecule has 1 aromatic carbocycles. The Morgan fingerprint density at radius 1 is 1.29 bits per heavy atom. The average Bonchev–Trinajstić information content (AvgIpc) is 3.08. The molecule has 2 aromatic heterocycles. The van der Waals surface area contributed by atoms with Crippen molar-refractivity contribution in [2.45, 2.75) is 39.3 Å². The van der Waals surface area contributed by atoms with Gasteiger partial charge < -0.3 is 9.47 Å². The lowest BCUT2D eigenvalue weighted by molar-refractivity contribution is 0.543. The van der Waals surface area contributed by atoms with Gasteiger partial charge in [0.05, 0.1) is 18.4 Å². The maximum Gasteiger partial charge on any atom is 0.285 e. The van der Waals surface area contributed by atoms with E-state index < -0.39 is 5.56 Å². The Morgan fingerprint density at radius 2 is 2.14 bits per heavy atom. The first-order valence-corrected chi connectivity index (χ1v) is 9.73. The molecule has 0 saturated heterocycles. The van der Waals surface area contributed by atoms with Crippen molar-refractivity contribution in [3.8, 4) is 0 Å². The molecule has 8 heteroatoms. The average molecular weight is 402 g/mol. The number of hydrogen-bond donors (Lipinski definition) is 1. The highest BCUT2D eigenvalue weighted by Crippen LogP contribution is 2.26. The Labute approximate surface area is 167 Å². The number of nitrogens with one attached hydrogen (secondary N) is 1. The molecule has 146 valence electrons. The highest BCUT2D eigenvalue weighted by Gasteiger charge is 2.23. The second-order valence-corrected chi connectivity index (χ2v) is 7.37. The molecule has 0 amide bonds. The highest BCUT2D eigenvalue weighted by atomic mass is 35.5. The summed E-state index contributed by atoms with van der Waals surface area (Å²) in [6.45, 7) is 3.95. The van der Waals surface area contributed by atoms with Crippen LogP contribution in [-0.2, 0) is 25.9 Å². The standard InChI is InChI=1S/C20H21ClFN5O/c1-2-3-13-4-5-14(16(22)8-13)9-15-10-23-18-12-26(6-7-27(15)18)17-11-24-25-20(28)19(17)21/h4-5,8,10-11H,2-3,6-7,9,12H2,1H3,(H,25,28). The third kappa shape index (κ3) is 3.54. The SMILES string of the molecule is CCCc1ccc(Cc2cnc3n2CCN(c2cn[nH]c(=O)c2Cl)C3)c(F)c1. The highest BCUT2D eigenvalue weighted by molar-refractivity contribution is 6.32. The third-order valence-corrected chi connectivity index (χ3v) is 5.46. The number of anilines is 1. The normalized spacial score (nSPS) is 13.6. The molecule has 28 heavy (non-hydrogen) atoms. The lowest BCUT2D eigenvalue weighted by Gasteiger charge is -2.30. The van der Waals surface area contributed by atoms with E-state index in [-0.39, 0.29) is 10.8 Å². The van der Waals surface area contributed by atoms with Crippen LogP contribution in [0.2, 0.25) is 5.02 Å². The number of fused-ring (bicyclic) bond motifs is 1. The molecular weight excluding hydrogens is 381 g/mol. The van der Waals surface area contributed by atoms with E-state index in [1.807, 2.05) is 17.0 Å². The van der Waals surface area contributed by atoms with Gasteiger partial charge in [0, 0.05) is 31.4 Å². The zero-order valence-corrected chi connectivity index (χ0v) is 16.3. The van der Waals surface area contributed by atoms with Gasteiger partial charge in [0.1, 0.15) is 16.7 Å². The Bertz CT molecular complexity index is 1060. The van der Waals surface area contributed by atoms with E-state index in [2.05, 4.69) is 26.7 Å². The molecule has 0 aliphatic carbocycles. The van der Waals surface area contributed by atoms with Gasteiger partial charge in [0.15, 0.2) is 0 Å². The predicted molar refractivity (Wildman–Crippen MR) is 106 cm³/mol. The van der Waals surface area contributed by atoms with Crippen molar-refractivity contribution in [2.75, 3.05) is 11.4 Å². The van der Waals surface area contributed by atoms with Crippen molar-refractivity contribution in [3.05, 3.63) is 74.4 Å². The van der Waals surface area contributed by atoms with Gasteiger partial charge in [-0.15, -0.1) is 0 Å². The first-order valence-electron chi connectivity index (χ1n) is 9.35. The second-order valence-electron chi connectivity index (χ2n) is 6.99. The number of rotatable bonds is 5. The minimum absolute atomic E-state index is 0.129. The van der Waals surface area contributed by atoms with Crippen molar-refractivity contribution in [2.24, 2.45) is 0 Å². The van der Waals surface area contributed by atoms with Gasteiger partial charge in [0.2, 0.25) is 0 Å². The zero-order valence-electron chi connectivity index (χ0n) is 15.6. The number of aromatic amines is 1. The van der Waals surface area contributed by atoms with Crippen LogP contribution in [0, 0.1) is 5.82 Å². The fourth-order valence-corrected chi connectivity index (χ4v) is 3.85. The minimum atomic E-state index is -0.407. The van der Waals surface area contributed by atoms with Crippen molar-refractivity contribution in [1.29, 1.82) is 0 Å². The first-order chi connectivity index (χ1) is 13.6. The van der Waals surface area contributed by atoms with Crippen LogP contribution in [0.25, 0.3) is 0 Å². The quantitative estimate of drug-likeness (QED) is 0.712. The number of halogens is 2. The third-order valence-electron chi connectivity index (χ3n) is 5.09. The molecule has 0 fully saturated rings. The van der Waals surface area contributed by atoms with Crippen molar-refractivity contribution < 1.29 is 4.39 Å². The fourth-order valence-electron chi connectivity index (χ4n) is 3.64. The summed E-state index contributed by atoms with van der Waals surface area (Å²) < 4.78 is 16.6. The number of nitrogens with zero attached hydrogens (tertiary/aromatic N) is 4. The van der Waals surface area contributed by atoms with E-state index in [0.717, 1.165) is 29.9 Å². The zero-order chi connectivity index (χ0) is 19.7. The lowest BCUT2D eigenvalue weighted by atomic mass is 10.0. The summed E-state index contributed by atoms with van der Waals surface area (Å²) >= 11 is 6.12. The lowest BCUT2D eigenvalue weighted by Crippen LogP contribution is -2.35. The summed E-state index contributed by atoms with van der Waals surface area (Å²) in [7, 11) is 0. The summed E-state index contributed by atoms with van der Waals surface area (Å²) in [6.07, 6.45) is 5.73. The maximum absolute atomic E-state index is 14.5. The van der Waals surface area contributed by atoms with Gasteiger partial charge >= 0.3 is 0 Å². The molecule has 1 aliphatic rings. The topological polar surface area (TPSA) is 66.8 Å². The van der Waals surface area contributed by atoms with E-state index in [1.165, 1.54) is 0 Å². The van der Waals surface area contributed by atoms with Crippen LogP contribution in [0.4, 0.5) is 10.1 Å². The molecule has 4 rings (SSSR count). The molecule has 6 nitrogen and oxygen atoms in total. The van der Waals surface area contributed by atoms with E-state index in [4.69, 9.17) is 11.6 Å². The van der Waals surface area contributed by atoms with Gasteiger partial charge in [-0.25, -0.2) is 14.5 Å². The van der Waals surface area contributed by atoms with E-state index in [0.29, 0.717) is 37.3 Å². The second kappa shape index (κ2) is 7.75. The summed E-state index contributed by atoms with van der Waals surface area (Å²) in [4.78, 5) is 18.2. The largest absolute Gasteiger partial charge is 0.360 e. The molecule has 3 heterocycles. The molecule has 1 aliphatic heterocycles. The van der Waals surface area contributed by atoms with E-state index in [1.54, 1.807) is 18.5 Å². The van der Waals surface area contributed by atoms with Gasteiger partial charge in [-0.2, -0.15) is 5.10 Å². The Hall–Kier alpha value is -2.67. The summed E-state index contributed by atoms with van der Waals surface area (Å²) in [6, 6.07) is 5.51. The van der Waals surface area contributed by atoms with Gasteiger partial charge in [-0.3, -0.25) is 4.79 Å². The first kappa shape index (κ1) is 18.7. The van der Waals surface area contributed by atoms with Gasteiger partial charge in [-0.05, 0) is 23.6 Å². The summed E-state index contributed by atoms with van der Waals surface area (Å²) in [5, 5.41) is 6.29. The van der Waals surface area contributed by atoms with Crippen LogP contribution >= 0.6 is 11.6 Å². The molecule has 1 N–H and O–H groups in total. The van der Waals surface area contributed by atoms with Crippen molar-refractivity contribution in [3.63, 3.8) is 0 Å². The van der Waals surface area contributed by atoms with Crippen LogP contribution in [-0.4, -0.2) is 26.3 Å². The Balaban J connectivity index is 1.54. The molecule has 0 radical (unpaired) electrons. The van der Waals surface area contributed by atoms with Crippen LogP contribution in [0.1, 0.15) is 36.0 Å². The smallest absolute Gasteiger partial charge is 0.285 e. The van der Waals surface area contributed by atoms with Crippen LogP contribution in [0.5, 0.6) is 0 Å². The van der Waals surface area contributed by atoms with Crippen LogP contribution < -0.4 is 10.5 Å². The van der Waals surface area contributed by atoms with Crippen molar-refractivity contribution in [1.82, 2.24) is 19.7 Å². The Kier molecular flexibility index (Phi) is 5.17. The molecule has 0 saturated carbocycles. The molecule has 3 aromatic rings. The van der Waals surface area contributed by atoms with E-state index in [9.17, 15) is 9.18 Å². The summed E-state index contributed by atoms with van der Waals surface area (Å²) in [5.41, 5.74) is 2.87. The monoisotopic (exact) mass is 401 g/mol. The Morgan fingerprint density at radius 3 is 2.93 bits per heavy atom. The van der Waals surface area contributed by atoms with Crippen LogP contribution in [0.15, 0.2) is 35.4 Å². The van der Waals surface area contributed by atoms with Gasteiger partial charge in [-0.1, -0.05) is 37.1 Å². The molecule has 0 atom stereocenters. The number of hydrogen-bond acceptors (Lipinski definition) is 4. The predicted octanol–water partition coefficient (Wildman–Crippen LogP) is 3.32. The minimum Gasteiger partial charge on any atom is -0.360 e. The molecule has 0 bridgehead atoms. The van der Waals surface area contributed by atoms with Gasteiger partial charge in [0.25, 0.3) is 5.56 Å². The molecule has 0 spiro atoms. The number of aromatic nitrogens is 4. The fraction of sp³-hybridized carbons (Fsp3) is 0.350. The summed E-state index contributed by atoms with van der Waals surface area (Å²) in [5.74, 6) is 0.695. The maximum atomic E-state index is 14.5. The number of benzene rings is 1. The van der Waals surface area contributed by atoms with Crippen LogP contribution in [0.3, 0.4) is 0 Å². The van der Waals surface area contributed by atoms with E-state index >= 15 is 0 Å².